The van der Waals surface area contributed by atoms with Crippen molar-refractivity contribution in [3.8, 4) is 22.8 Å². The number of hydrogen-bond acceptors (Lipinski definition) is 5. The first-order valence-electron chi connectivity index (χ1n) is 7.84. The summed E-state index contributed by atoms with van der Waals surface area (Å²) in [5, 5.41) is 22.3. The van der Waals surface area contributed by atoms with E-state index in [4.69, 9.17) is 0 Å². The molecule has 0 atom stereocenters. The fourth-order valence-electron chi connectivity index (χ4n) is 2.74. The van der Waals surface area contributed by atoms with E-state index >= 15 is 0 Å². The van der Waals surface area contributed by atoms with E-state index in [9.17, 15) is 10.2 Å². The Kier molecular flexibility index (Phi) is 3.70. The van der Waals surface area contributed by atoms with Crippen LogP contribution in [0.1, 0.15) is 5.56 Å². The number of phenolic OH excluding ortho intramolecular Hbond substituents is 2. The van der Waals surface area contributed by atoms with Crippen LogP contribution in [-0.2, 0) is 6.54 Å². The standard InChI is InChI=1S/C19H16N4O2/c24-15-6-4-14(5-7-15)17-12-22-19-18(20-8-9-23(17)19)21-11-13-2-1-3-16(25)10-13/h1-10,12,24-25H,11H2,(H,20,21). The summed E-state index contributed by atoms with van der Waals surface area (Å²) in [4.78, 5) is 8.84. The van der Waals surface area contributed by atoms with E-state index in [1.165, 1.54) is 0 Å². The highest BCUT2D eigenvalue weighted by molar-refractivity contribution is 5.70. The minimum absolute atomic E-state index is 0.229. The van der Waals surface area contributed by atoms with Gasteiger partial charge >= 0.3 is 0 Å². The van der Waals surface area contributed by atoms with Gasteiger partial charge in [-0.25, -0.2) is 9.97 Å². The van der Waals surface area contributed by atoms with E-state index in [-0.39, 0.29) is 11.5 Å². The summed E-state index contributed by atoms with van der Waals surface area (Å²) in [7, 11) is 0. The van der Waals surface area contributed by atoms with Gasteiger partial charge in [0.15, 0.2) is 11.5 Å². The average Bonchev–Trinajstić information content (AvgIpc) is 3.05. The molecule has 0 unspecified atom stereocenters. The first-order valence-corrected chi connectivity index (χ1v) is 7.84. The van der Waals surface area contributed by atoms with Crippen LogP contribution >= 0.6 is 0 Å². The Labute approximate surface area is 144 Å². The average molecular weight is 332 g/mol. The second kappa shape index (κ2) is 6.16. The Hall–Kier alpha value is -3.54. The summed E-state index contributed by atoms with van der Waals surface area (Å²) in [5.41, 5.74) is 3.54. The normalized spacial score (nSPS) is 10.9. The number of nitrogens with zero attached hydrogens (tertiary/aromatic N) is 3. The highest BCUT2D eigenvalue weighted by atomic mass is 16.3. The molecule has 6 nitrogen and oxygen atoms in total. The second-order valence-corrected chi connectivity index (χ2v) is 5.68. The molecule has 0 bridgehead atoms. The van der Waals surface area contributed by atoms with Gasteiger partial charge in [0.25, 0.3) is 0 Å². The molecular weight excluding hydrogens is 316 g/mol. The first kappa shape index (κ1) is 15.0. The Morgan fingerprint density at radius 1 is 0.960 bits per heavy atom. The molecule has 4 aromatic rings. The number of rotatable bonds is 4. The highest BCUT2D eigenvalue weighted by Crippen LogP contribution is 2.25. The molecule has 6 heteroatoms. The molecule has 2 aromatic heterocycles. The van der Waals surface area contributed by atoms with Gasteiger partial charge in [0.05, 0.1) is 11.9 Å². The molecule has 0 aliphatic carbocycles. The Bertz CT molecular complexity index is 1030. The van der Waals surface area contributed by atoms with E-state index in [0.29, 0.717) is 18.0 Å². The number of anilines is 1. The molecule has 0 fully saturated rings. The number of aromatic nitrogens is 3. The molecule has 2 aromatic carbocycles. The van der Waals surface area contributed by atoms with Crippen molar-refractivity contribution in [3.63, 3.8) is 0 Å². The molecule has 0 amide bonds. The Morgan fingerprint density at radius 3 is 2.60 bits per heavy atom. The third-order valence-electron chi connectivity index (χ3n) is 3.96. The van der Waals surface area contributed by atoms with Crippen LogP contribution in [0.25, 0.3) is 16.9 Å². The quantitative estimate of drug-likeness (QED) is 0.533. The van der Waals surface area contributed by atoms with Crippen LogP contribution < -0.4 is 5.32 Å². The van der Waals surface area contributed by atoms with Gasteiger partial charge in [0.2, 0.25) is 0 Å². The van der Waals surface area contributed by atoms with E-state index in [2.05, 4.69) is 15.3 Å². The molecule has 124 valence electrons. The van der Waals surface area contributed by atoms with Crippen molar-refractivity contribution in [2.45, 2.75) is 6.54 Å². The van der Waals surface area contributed by atoms with Crippen molar-refractivity contribution in [1.82, 2.24) is 14.4 Å². The van der Waals surface area contributed by atoms with E-state index in [1.807, 2.05) is 28.8 Å². The molecule has 0 saturated carbocycles. The minimum Gasteiger partial charge on any atom is -0.508 e. The molecule has 25 heavy (non-hydrogen) atoms. The fourth-order valence-corrected chi connectivity index (χ4v) is 2.74. The van der Waals surface area contributed by atoms with Crippen LogP contribution in [0.4, 0.5) is 5.82 Å². The first-order chi connectivity index (χ1) is 12.2. The van der Waals surface area contributed by atoms with Gasteiger partial charge in [-0.1, -0.05) is 12.1 Å². The lowest BCUT2D eigenvalue weighted by Crippen LogP contribution is -2.03. The van der Waals surface area contributed by atoms with Crippen molar-refractivity contribution in [3.05, 3.63) is 72.7 Å². The summed E-state index contributed by atoms with van der Waals surface area (Å²) in [6.45, 7) is 0.530. The van der Waals surface area contributed by atoms with Crippen molar-refractivity contribution in [2.24, 2.45) is 0 Å². The van der Waals surface area contributed by atoms with Crippen LogP contribution in [0.2, 0.25) is 0 Å². The third kappa shape index (κ3) is 2.97. The Balaban J connectivity index is 1.66. The molecule has 4 rings (SSSR count). The summed E-state index contributed by atoms with van der Waals surface area (Å²) in [6.07, 6.45) is 5.34. The smallest absolute Gasteiger partial charge is 0.180 e. The number of hydrogen-bond donors (Lipinski definition) is 3. The van der Waals surface area contributed by atoms with Gasteiger partial charge in [0, 0.05) is 24.5 Å². The molecule has 2 heterocycles. The molecule has 0 radical (unpaired) electrons. The lowest BCUT2D eigenvalue weighted by atomic mass is 10.1. The fraction of sp³-hybridized carbons (Fsp3) is 0.0526. The lowest BCUT2D eigenvalue weighted by Gasteiger charge is -2.08. The van der Waals surface area contributed by atoms with Crippen LogP contribution in [0, 0.1) is 0 Å². The van der Waals surface area contributed by atoms with Gasteiger partial charge in [-0.05, 0) is 42.0 Å². The SMILES string of the molecule is Oc1ccc(-c2cnc3c(NCc4cccc(O)c4)nccn23)cc1. The van der Waals surface area contributed by atoms with Crippen molar-refractivity contribution >= 4 is 11.5 Å². The molecule has 3 N–H and O–H groups in total. The monoisotopic (exact) mass is 332 g/mol. The number of phenols is 2. The van der Waals surface area contributed by atoms with Crippen LogP contribution in [-0.4, -0.2) is 24.6 Å². The summed E-state index contributed by atoms with van der Waals surface area (Å²) in [6, 6.07) is 14.1. The second-order valence-electron chi connectivity index (χ2n) is 5.68. The topological polar surface area (TPSA) is 82.7 Å². The maximum atomic E-state index is 9.55. The molecular formula is C19H16N4O2. The maximum Gasteiger partial charge on any atom is 0.180 e. The zero-order valence-corrected chi connectivity index (χ0v) is 13.3. The van der Waals surface area contributed by atoms with Gasteiger partial charge in [-0.3, -0.25) is 4.40 Å². The summed E-state index contributed by atoms with van der Waals surface area (Å²) in [5.74, 6) is 1.13. The summed E-state index contributed by atoms with van der Waals surface area (Å²) < 4.78 is 1.95. The van der Waals surface area contributed by atoms with Crippen molar-refractivity contribution < 1.29 is 10.2 Å². The molecule has 0 spiro atoms. The van der Waals surface area contributed by atoms with Crippen molar-refractivity contribution in [1.29, 1.82) is 0 Å². The molecule has 0 saturated heterocycles. The molecule has 0 aliphatic heterocycles. The lowest BCUT2D eigenvalue weighted by molar-refractivity contribution is 0.474. The predicted molar refractivity (Wildman–Crippen MR) is 95.5 cm³/mol. The van der Waals surface area contributed by atoms with E-state index < -0.39 is 0 Å². The van der Waals surface area contributed by atoms with Gasteiger partial charge in [-0.2, -0.15) is 0 Å². The third-order valence-corrected chi connectivity index (χ3v) is 3.96. The van der Waals surface area contributed by atoms with Crippen LogP contribution in [0.15, 0.2) is 67.1 Å². The largest absolute Gasteiger partial charge is 0.508 e. The number of nitrogens with one attached hydrogen (secondary N) is 1. The zero-order chi connectivity index (χ0) is 17.2. The van der Waals surface area contributed by atoms with E-state index in [1.54, 1.807) is 42.7 Å². The molecule has 0 aliphatic rings. The van der Waals surface area contributed by atoms with Gasteiger partial charge in [-0.15, -0.1) is 0 Å². The number of imidazole rings is 1. The van der Waals surface area contributed by atoms with Crippen LogP contribution in [0.3, 0.4) is 0 Å². The number of aromatic hydroxyl groups is 2. The Morgan fingerprint density at radius 2 is 1.80 bits per heavy atom. The van der Waals surface area contributed by atoms with E-state index in [0.717, 1.165) is 16.8 Å². The maximum absolute atomic E-state index is 9.55. The predicted octanol–water partition coefficient (Wildman–Crippen LogP) is 3.42. The van der Waals surface area contributed by atoms with Crippen molar-refractivity contribution in [2.75, 3.05) is 5.32 Å². The zero-order valence-electron chi connectivity index (χ0n) is 13.3. The summed E-state index contributed by atoms with van der Waals surface area (Å²) >= 11 is 0. The minimum atomic E-state index is 0.229. The number of benzene rings is 2. The van der Waals surface area contributed by atoms with Gasteiger partial charge < -0.3 is 15.5 Å². The van der Waals surface area contributed by atoms with Crippen LogP contribution in [0.5, 0.6) is 11.5 Å². The number of fused-ring (bicyclic) bond motifs is 1. The highest BCUT2D eigenvalue weighted by Gasteiger charge is 2.10. The van der Waals surface area contributed by atoms with Gasteiger partial charge in [0.1, 0.15) is 11.5 Å².